The van der Waals surface area contributed by atoms with Crippen molar-refractivity contribution in [3.05, 3.63) is 82.4 Å². The Morgan fingerprint density at radius 3 is 1.89 bits per heavy atom. The molecule has 0 bridgehead atoms. The molecule has 1 atom stereocenters. The van der Waals surface area contributed by atoms with Crippen LogP contribution >= 0.6 is 0 Å². The second-order valence-electron chi connectivity index (χ2n) is 9.05. The lowest BCUT2D eigenvalue weighted by atomic mass is 10.0. The number of hydrogen-bond donors (Lipinski definition) is 4. The average Bonchev–Trinajstić information content (AvgIpc) is 2.85. The number of benzene rings is 3. The highest BCUT2D eigenvalue weighted by atomic mass is 16.5. The molecule has 1 heterocycles. The monoisotopic (exact) mass is 503 g/mol. The molecule has 1 aliphatic heterocycles. The van der Waals surface area contributed by atoms with Crippen molar-refractivity contribution in [3.8, 4) is 23.0 Å². The molecule has 0 saturated carbocycles. The predicted molar refractivity (Wildman–Crippen MR) is 144 cm³/mol. The van der Waals surface area contributed by atoms with Gasteiger partial charge in [-0.2, -0.15) is 0 Å². The highest BCUT2D eigenvalue weighted by molar-refractivity contribution is 6.17. The van der Waals surface area contributed by atoms with Crippen molar-refractivity contribution < 1.29 is 24.8 Å². The van der Waals surface area contributed by atoms with E-state index in [-0.39, 0.29) is 22.9 Å². The van der Waals surface area contributed by atoms with E-state index in [1.165, 1.54) is 18.2 Å². The minimum Gasteiger partial charge on any atom is -0.507 e. The van der Waals surface area contributed by atoms with E-state index >= 15 is 0 Å². The first-order valence-electron chi connectivity index (χ1n) is 12.4. The molecule has 0 amide bonds. The molecular weight excluding hydrogens is 470 g/mol. The fourth-order valence-electron chi connectivity index (χ4n) is 4.09. The summed E-state index contributed by atoms with van der Waals surface area (Å²) in [4.78, 5) is 8.98. The van der Waals surface area contributed by atoms with Gasteiger partial charge in [-0.05, 0) is 56.5 Å². The van der Waals surface area contributed by atoms with E-state index in [1.807, 2.05) is 45.9 Å². The van der Waals surface area contributed by atoms with Crippen LogP contribution in [0, 0.1) is 13.8 Å². The van der Waals surface area contributed by atoms with E-state index in [1.54, 1.807) is 18.2 Å². The maximum Gasteiger partial charge on any atom is 0.289 e. The average molecular weight is 504 g/mol. The highest BCUT2D eigenvalue weighted by Gasteiger charge is 2.37. The Balaban J connectivity index is 1.82. The predicted octanol–water partition coefficient (Wildman–Crippen LogP) is 4.89. The van der Waals surface area contributed by atoms with Gasteiger partial charge in [0.15, 0.2) is 0 Å². The van der Waals surface area contributed by atoms with Gasteiger partial charge in [0.25, 0.3) is 5.85 Å². The van der Waals surface area contributed by atoms with Gasteiger partial charge in [0.05, 0.1) is 24.3 Å². The Morgan fingerprint density at radius 2 is 1.32 bits per heavy atom. The molecule has 194 valence electrons. The van der Waals surface area contributed by atoms with Crippen LogP contribution in [-0.2, 0) is 5.85 Å². The number of hydrogen-bond acceptors (Lipinski definition) is 8. The molecule has 8 heteroatoms. The summed E-state index contributed by atoms with van der Waals surface area (Å²) in [6, 6.07) is 15.4. The van der Waals surface area contributed by atoms with Gasteiger partial charge in [0, 0.05) is 17.7 Å². The summed E-state index contributed by atoms with van der Waals surface area (Å²) < 4.78 is 11.2. The zero-order valence-electron chi connectivity index (χ0n) is 21.6. The molecule has 0 saturated heterocycles. The third kappa shape index (κ3) is 5.70. The summed E-state index contributed by atoms with van der Waals surface area (Å²) in [6.45, 7) is 8.97. The fourth-order valence-corrected chi connectivity index (χ4v) is 4.09. The second kappa shape index (κ2) is 10.9. The van der Waals surface area contributed by atoms with Crippen LogP contribution in [-0.4, -0.2) is 40.2 Å². The number of phenolic OH excluding ortho intramolecular Hbond substituents is 2. The van der Waals surface area contributed by atoms with Crippen LogP contribution in [0.5, 0.6) is 23.0 Å². The molecule has 0 fully saturated rings. The third-order valence-corrected chi connectivity index (χ3v) is 5.91. The van der Waals surface area contributed by atoms with Crippen molar-refractivity contribution in [2.45, 2.75) is 46.4 Å². The lowest BCUT2D eigenvalue weighted by Gasteiger charge is -2.29. The number of amidine groups is 2. The molecule has 0 aromatic heterocycles. The lowest BCUT2D eigenvalue weighted by molar-refractivity contribution is 0.0521. The molecule has 8 nitrogen and oxygen atoms in total. The second-order valence-corrected chi connectivity index (χ2v) is 9.05. The summed E-state index contributed by atoms with van der Waals surface area (Å²) >= 11 is 0. The number of rotatable bonds is 9. The van der Waals surface area contributed by atoms with Crippen molar-refractivity contribution in [3.63, 3.8) is 0 Å². The topological polar surface area (TPSA) is 116 Å². The van der Waals surface area contributed by atoms with Crippen molar-refractivity contribution >= 4 is 11.7 Å². The number of ether oxygens (including phenoxy) is 2. The van der Waals surface area contributed by atoms with Crippen molar-refractivity contribution in [1.29, 1.82) is 0 Å². The van der Waals surface area contributed by atoms with Gasteiger partial charge in [-0.1, -0.05) is 37.6 Å². The van der Waals surface area contributed by atoms with Crippen LogP contribution in [0.2, 0.25) is 0 Å². The maximum atomic E-state index is 11.7. The van der Waals surface area contributed by atoms with Crippen LogP contribution < -0.4 is 14.8 Å². The van der Waals surface area contributed by atoms with Crippen LogP contribution in [0.1, 0.15) is 54.5 Å². The van der Waals surface area contributed by atoms with Crippen LogP contribution in [0.4, 0.5) is 0 Å². The minimum atomic E-state index is -2.16. The van der Waals surface area contributed by atoms with Crippen molar-refractivity contribution in [2.24, 2.45) is 9.98 Å². The molecule has 0 aliphatic carbocycles. The van der Waals surface area contributed by atoms with Crippen LogP contribution in [0.15, 0.2) is 64.6 Å². The summed E-state index contributed by atoms with van der Waals surface area (Å²) in [5, 5.41) is 36.5. The third-order valence-electron chi connectivity index (χ3n) is 5.91. The van der Waals surface area contributed by atoms with Crippen molar-refractivity contribution in [2.75, 3.05) is 13.2 Å². The Bertz CT molecular complexity index is 1350. The van der Waals surface area contributed by atoms with E-state index in [9.17, 15) is 15.3 Å². The number of aliphatic hydroxyl groups is 1. The van der Waals surface area contributed by atoms with Gasteiger partial charge in [0.1, 0.15) is 34.7 Å². The Hall–Kier alpha value is -4.04. The van der Waals surface area contributed by atoms with Gasteiger partial charge in [-0.3, -0.25) is 0 Å². The molecule has 4 N–H and O–H groups in total. The lowest BCUT2D eigenvalue weighted by Crippen LogP contribution is -2.42. The molecular formula is C29H33N3O5. The maximum absolute atomic E-state index is 11.7. The zero-order chi connectivity index (χ0) is 26.6. The number of aryl methyl sites for hydroxylation is 2. The van der Waals surface area contributed by atoms with Crippen LogP contribution in [0.25, 0.3) is 0 Å². The molecule has 1 aliphatic rings. The number of nitrogens with one attached hydrogen (secondary N) is 1. The standard InChI is InChI=1S/C29H33N3O5/c1-5-13-36-20-8-11-23(25(33)16-20)28-30-27(22-10-7-18(3)15-19(22)4)31-29(35,32-28)24-12-9-21(17-26(24)34)37-14-6-2/h7-12,15-17,33-35H,5-6,13-14H2,1-4H3,(H,30,31,32). The SMILES string of the molecule is CCCOc1ccc(C2=NC(O)(c3ccc(OCCC)cc3O)N=C(c3ccc(C)cc3C)N2)c(O)c1. The van der Waals surface area contributed by atoms with Gasteiger partial charge >= 0.3 is 0 Å². The normalized spacial score (nSPS) is 17.0. The van der Waals surface area contributed by atoms with E-state index < -0.39 is 5.85 Å². The van der Waals surface area contributed by atoms with Gasteiger partial charge in [-0.15, -0.1) is 0 Å². The van der Waals surface area contributed by atoms with Crippen molar-refractivity contribution in [1.82, 2.24) is 5.32 Å². The summed E-state index contributed by atoms with van der Waals surface area (Å²) in [7, 11) is 0. The van der Waals surface area contributed by atoms with Gasteiger partial charge in [-0.25, -0.2) is 9.98 Å². The molecule has 4 rings (SSSR count). The van der Waals surface area contributed by atoms with Gasteiger partial charge < -0.3 is 30.1 Å². The van der Waals surface area contributed by atoms with Crippen LogP contribution in [0.3, 0.4) is 0 Å². The highest BCUT2D eigenvalue weighted by Crippen LogP contribution is 2.37. The molecule has 3 aromatic carbocycles. The zero-order valence-corrected chi connectivity index (χ0v) is 21.6. The number of aromatic hydroxyl groups is 2. The summed E-state index contributed by atoms with van der Waals surface area (Å²) in [6.07, 6.45) is 1.66. The largest absolute Gasteiger partial charge is 0.507 e. The summed E-state index contributed by atoms with van der Waals surface area (Å²) in [5.74, 6) is -0.903. The van der Waals surface area contributed by atoms with E-state index in [0.29, 0.717) is 36.1 Å². The summed E-state index contributed by atoms with van der Waals surface area (Å²) in [5.41, 5.74) is 3.21. The van der Waals surface area contributed by atoms with E-state index in [2.05, 4.69) is 15.3 Å². The quantitative estimate of drug-likeness (QED) is 0.330. The first kappa shape index (κ1) is 26.0. The Kier molecular flexibility index (Phi) is 7.69. The van der Waals surface area contributed by atoms with E-state index in [4.69, 9.17) is 9.47 Å². The molecule has 1 unspecified atom stereocenters. The number of aliphatic imine (C=N–C) groups is 2. The number of phenols is 2. The van der Waals surface area contributed by atoms with Gasteiger partial charge in [0.2, 0.25) is 0 Å². The Morgan fingerprint density at radius 1 is 0.757 bits per heavy atom. The Labute approximate surface area is 217 Å². The molecule has 0 spiro atoms. The fraction of sp³-hybridized carbons (Fsp3) is 0.310. The minimum absolute atomic E-state index is 0.0726. The van der Waals surface area contributed by atoms with E-state index in [0.717, 1.165) is 29.5 Å². The molecule has 3 aromatic rings. The molecule has 37 heavy (non-hydrogen) atoms. The smallest absolute Gasteiger partial charge is 0.289 e. The first-order valence-corrected chi connectivity index (χ1v) is 12.4. The molecule has 0 radical (unpaired) electrons. The number of nitrogens with zero attached hydrogens (tertiary/aromatic N) is 2. The first-order chi connectivity index (χ1) is 17.7.